The Morgan fingerprint density at radius 1 is 1.20 bits per heavy atom. The molecule has 2 aliphatic carbocycles. The monoisotopic (exact) mass is 270 g/mol. The molecule has 0 aromatic heterocycles. The molecule has 2 saturated carbocycles. The second-order valence-corrected chi connectivity index (χ2v) is 7.41. The molecule has 3 nitrogen and oxygen atoms in total. The van der Waals surface area contributed by atoms with Crippen molar-refractivity contribution >= 4 is 11.7 Å². The summed E-state index contributed by atoms with van der Waals surface area (Å²) in [6.45, 7) is 7.14. The Labute approximate surface area is 120 Å². The third kappa shape index (κ3) is 1.20. The van der Waals surface area contributed by atoms with Gasteiger partial charge in [-0.3, -0.25) is 4.90 Å². The lowest BCUT2D eigenvalue weighted by molar-refractivity contribution is 0.126. The van der Waals surface area contributed by atoms with E-state index in [0.717, 1.165) is 5.69 Å². The van der Waals surface area contributed by atoms with Crippen molar-refractivity contribution in [3.63, 3.8) is 0 Å². The van der Waals surface area contributed by atoms with E-state index in [-0.39, 0.29) is 11.4 Å². The number of urea groups is 1. The fourth-order valence-electron chi connectivity index (χ4n) is 5.11. The number of fused-ring (bicyclic) bond motifs is 5. The van der Waals surface area contributed by atoms with Gasteiger partial charge < -0.3 is 5.32 Å². The first-order valence-electron chi connectivity index (χ1n) is 7.61. The molecule has 0 radical (unpaired) electrons. The number of anilines is 1. The maximum Gasteiger partial charge on any atom is 0.322 e. The number of carbonyl (C=O) groups is 1. The van der Waals surface area contributed by atoms with Gasteiger partial charge in [0.05, 0.1) is 12.1 Å². The molecule has 3 aliphatic rings. The summed E-state index contributed by atoms with van der Waals surface area (Å²) in [5.41, 5.74) is 1.55. The van der Waals surface area contributed by atoms with Gasteiger partial charge in [0.2, 0.25) is 0 Å². The minimum absolute atomic E-state index is 0.0832. The molecule has 2 bridgehead atoms. The molecule has 3 fully saturated rings. The Morgan fingerprint density at radius 2 is 1.90 bits per heavy atom. The number of hydrogen-bond acceptors (Lipinski definition) is 1. The van der Waals surface area contributed by atoms with E-state index in [0.29, 0.717) is 23.4 Å². The zero-order valence-electron chi connectivity index (χ0n) is 12.4. The van der Waals surface area contributed by atoms with E-state index in [1.54, 1.807) is 0 Å². The number of amides is 2. The summed E-state index contributed by atoms with van der Waals surface area (Å²) in [7, 11) is 0. The normalized spacial score (nSPS) is 40.9. The number of para-hydroxylation sites is 1. The topological polar surface area (TPSA) is 32.3 Å². The number of benzene rings is 1. The molecular formula is C17H22N2O. The standard InChI is InChI=1S/C17H22N2O/c1-16(2)12-9-10-17(16,3)14-13(12)19(15(20)18-14)11-7-5-4-6-8-11/h4-8,12-14H,9-10H2,1-3H3,(H,18,20)/t12-,13-,14-,17+/m1/s1. The van der Waals surface area contributed by atoms with Crippen molar-refractivity contribution in [1.29, 1.82) is 0 Å². The molecule has 0 spiro atoms. The van der Waals surface area contributed by atoms with Gasteiger partial charge in [-0.2, -0.15) is 0 Å². The number of nitrogens with one attached hydrogen (secondary N) is 1. The highest BCUT2D eigenvalue weighted by Crippen LogP contribution is 2.67. The van der Waals surface area contributed by atoms with Gasteiger partial charge in [-0.25, -0.2) is 4.79 Å². The summed E-state index contributed by atoms with van der Waals surface area (Å²) in [6.07, 6.45) is 2.47. The molecule has 1 aromatic rings. The van der Waals surface area contributed by atoms with Crippen LogP contribution in [-0.4, -0.2) is 18.1 Å². The molecule has 3 heteroatoms. The zero-order chi connectivity index (χ0) is 14.1. The van der Waals surface area contributed by atoms with Gasteiger partial charge in [-0.15, -0.1) is 0 Å². The highest BCUT2D eigenvalue weighted by molar-refractivity contribution is 5.96. The molecule has 2 amide bonds. The minimum atomic E-state index is 0.0832. The van der Waals surface area contributed by atoms with Crippen LogP contribution in [0.4, 0.5) is 10.5 Å². The molecule has 1 heterocycles. The highest BCUT2D eigenvalue weighted by atomic mass is 16.2. The highest BCUT2D eigenvalue weighted by Gasteiger charge is 2.70. The molecule has 1 N–H and O–H groups in total. The van der Waals surface area contributed by atoms with Gasteiger partial charge in [0, 0.05) is 5.69 Å². The van der Waals surface area contributed by atoms with Gasteiger partial charge >= 0.3 is 6.03 Å². The first kappa shape index (κ1) is 12.2. The molecule has 1 aromatic carbocycles. The van der Waals surface area contributed by atoms with Crippen LogP contribution < -0.4 is 10.2 Å². The second kappa shape index (κ2) is 3.57. The second-order valence-electron chi connectivity index (χ2n) is 7.41. The quantitative estimate of drug-likeness (QED) is 0.833. The van der Waals surface area contributed by atoms with Gasteiger partial charge in [0.1, 0.15) is 0 Å². The molecule has 4 rings (SSSR count). The van der Waals surface area contributed by atoms with Crippen LogP contribution in [0.3, 0.4) is 0 Å². The Morgan fingerprint density at radius 3 is 2.60 bits per heavy atom. The predicted molar refractivity (Wildman–Crippen MR) is 79.6 cm³/mol. The molecule has 106 valence electrons. The van der Waals surface area contributed by atoms with Crippen LogP contribution in [0.15, 0.2) is 30.3 Å². The molecule has 20 heavy (non-hydrogen) atoms. The fraction of sp³-hybridized carbons (Fsp3) is 0.588. The lowest BCUT2D eigenvalue weighted by Gasteiger charge is -2.38. The smallest absolute Gasteiger partial charge is 0.322 e. The first-order valence-corrected chi connectivity index (χ1v) is 7.61. The Kier molecular flexibility index (Phi) is 2.19. The fourth-order valence-corrected chi connectivity index (χ4v) is 5.11. The van der Waals surface area contributed by atoms with Crippen molar-refractivity contribution in [1.82, 2.24) is 5.32 Å². The maximum absolute atomic E-state index is 12.5. The molecule has 0 unspecified atom stereocenters. The average molecular weight is 270 g/mol. The van der Waals surface area contributed by atoms with E-state index in [2.05, 4.69) is 26.1 Å². The minimum Gasteiger partial charge on any atom is -0.332 e. The summed E-state index contributed by atoms with van der Waals surface area (Å²) in [5, 5.41) is 3.28. The van der Waals surface area contributed by atoms with Gasteiger partial charge in [0.25, 0.3) is 0 Å². The zero-order valence-corrected chi connectivity index (χ0v) is 12.4. The predicted octanol–water partition coefficient (Wildman–Crippen LogP) is 3.41. The maximum atomic E-state index is 12.5. The van der Waals surface area contributed by atoms with Gasteiger partial charge in [-0.1, -0.05) is 39.0 Å². The Bertz CT molecular complexity index is 568. The van der Waals surface area contributed by atoms with Crippen molar-refractivity contribution in [2.24, 2.45) is 16.7 Å². The van der Waals surface area contributed by atoms with Crippen molar-refractivity contribution in [3.8, 4) is 0 Å². The van der Waals surface area contributed by atoms with Crippen LogP contribution in [-0.2, 0) is 0 Å². The van der Waals surface area contributed by atoms with E-state index in [9.17, 15) is 4.79 Å². The summed E-state index contributed by atoms with van der Waals surface area (Å²) in [6, 6.07) is 10.8. The van der Waals surface area contributed by atoms with Crippen LogP contribution in [0.25, 0.3) is 0 Å². The third-order valence-electron chi connectivity index (χ3n) is 6.64. The largest absolute Gasteiger partial charge is 0.332 e. The van der Waals surface area contributed by atoms with E-state index >= 15 is 0 Å². The van der Waals surface area contributed by atoms with E-state index in [4.69, 9.17) is 0 Å². The first-order chi connectivity index (χ1) is 9.47. The lowest BCUT2D eigenvalue weighted by atomic mass is 9.69. The summed E-state index contributed by atoms with van der Waals surface area (Å²) < 4.78 is 0. The lowest BCUT2D eigenvalue weighted by Crippen LogP contribution is -2.45. The molecule has 1 aliphatic heterocycles. The SMILES string of the molecule is CC1(C)[C@@H]2CC[C@@]1(C)[C@@H]1NC(=O)N(c3ccccc3)[C@H]21. The van der Waals surface area contributed by atoms with Crippen molar-refractivity contribution < 1.29 is 4.79 Å². The summed E-state index contributed by atoms with van der Waals surface area (Å²) in [4.78, 5) is 14.5. The van der Waals surface area contributed by atoms with Gasteiger partial charge in [0.15, 0.2) is 0 Å². The van der Waals surface area contributed by atoms with Crippen molar-refractivity contribution in [2.75, 3.05) is 4.90 Å². The van der Waals surface area contributed by atoms with Crippen LogP contribution in [0.1, 0.15) is 33.6 Å². The Balaban J connectivity index is 1.80. The summed E-state index contributed by atoms with van der Waals surface area (Å²) >= 11 is 0. The van der Waals surface area contributed by atoms with Crippen LogP contribution >= 0.6 is 0 Å². The third-order valence-corrected chi connectivity index (χ3v) is 6.64. The van der Waals surface area contributed by atoms with Crippen molar-refractivity contribution in [2.45, 2.75) is 45.7 Å². The molecule has 1 saturated heterocycles. The Hall–Kier alpha value is -1.51. The van der Waals surface area contributed by atoms with E-state index < -0.39 is 0 Å². The number of rotatable bonds is 1. The van der Waals surface area contributed by atoms with E-state index in [1.807, 2.05) is 35.2 Å². The van der Waals surface area contributed by atoms with Crippen LogP contribution in [0.2, 0.25) is 0 Å². The van der Waals surface area contributed by atoms with E-state index in [1.165, 1.54) is 12.8 Å². The number of carbonyl (C=O) groups excluding carboxylic acids is 1. The van der Waals surface area contributed by atoms with Crippen LogP contribution in [0.5, 0.6) is 0 Å². The van der Waals surface area contributed by atoms with Crippen molar-refractivity contribution in [3.05, 3.63) is 30.3 Å². The average Bonchev–Trinajstić information content (AvgIpc) is 2.93. The number of hydrogen-bond donors (Lipinski definition) is 1. The number of nitrogens with zero attached hydrogens (tertiary/aromatic N) is 1. The summed E-state index contributed by atoms with van der Waals surface area (Å²) in [5.74, 6) is 0.594. The molecule has 4 atom stereocenters. The van der Waals surface area contributed by atoms with Crippen LogP contribution in [0, 0.1) is 16.7 Å². The van der Waals surface area contributed by atoms with Gasteiger partial charge in [-0.05, 0) is 41.7 Å². The molecular weight excluding hydrogens is 248 g/mol.